The zero-order valence-electron chi connectivity index (χ0n) is 10.7. The Hall–Kier alpha value is -1.49. The fraction of sp³-hybridized carbons (Fsp3) is 0. The molecule has 6 heteroatoms. The Balaban J connectivity index is 2.21. The van der Waals surface area contributed by atoms with Crippen LogP contribution in [0, 0.1) is 0 Å². The molecule has 3 aromatic rings. The first-order chi connectivity index (χ1) is 10.1. The summed E-state index contributed by atoms with van der Waals surface area (Å²) in [6, 6.07) is 13.0. The predicted octanol–water partition coefficient (Wildman–Crippen LogP) is 5.40. The molecule has 3 nitrogen and oxygen atoms in total. The monoisotopic (exact) mass is 381 g/mol. The molecule has 1 heterocycles. The molecule has 2 aromatic carbocycles. The van der Waals surface area contributed by atoms with Gasteiger partial charge in [0.1, 0.15) is 0 Å². The normalized spacial score (nSPS) is 10.8. The number of H-pyrrole nitrogens is 1. The number of halogens is 3. The molecule has 0 fully saturated rings. The molecule has 1 aromatic heterocycles. The summed E-state index contributed by atoms with van der Waals surface area (Å²) >= 11 is 15.6. The highest BCUT2D eigenvalue weighted by atomic mass is 79.9. The van der Waals surface area contributed by atoms with Crippen LogP contribution in [0.5, 0.6) is 0 Å². The van der Waals surface area contributed by atoms with Gasteiger partial charge in [0.15, 0.2) is 5.82 Å². The zero-order chi connectivity index (χ0) is 15.0. The van der Waals surface area contributed by atoms with Crippen LogP contribution < -0.4 is 5.73 Å². The average molecular weight is 383 g/mol. The second-order valence-electron chi connectivity index (χ2n) is 4.49. The van der Waals surface area contributed by atoms with E-state index in [0.29, 0.717) is 15.9 Å². The van der Waals surface area contributed by atoms with E-state index in [-0.39, 0.29) is 0 Å². The quantitative estimate of drug-likeness (QED) is 0.623. The Morgan fingerprint density at radius 1 is 1.00 bits per heavy atom. The van der Waals surface area contributed by atoms with Crippen LogP contribution in [0.25, 0.3) is 22.4 Å². The lowest BCUT2D eigenvalue weighted by Gasteiger charge is -2.07. The van der Waals surface area contributed by atoms with Crippen LogP contribution >= 0.6 is 39.1 Å². The van der Waals surface area contributed by atoms with Crippen molar-refractivity contribution in [3.05, 3.63) is 57.0 Å². The largest absolute Gasteiger partial charge is 0.382 e. The molecule has 0 saturated carbocycles. The topological polar surface area (TPSA) is 54.7 Å². The molecule has 0 unspecified atom stereocenters. The SMILES string of the molecule is Nc1n[nH]c(-c2cc(Cl)ccc2Br)c1-c1ccc(Cl)cc1. The average Bonchev–Trinajstić information content (AvgIpc) is 2.84. The Morgan fingerprint density at radius 3 is 2.38 bits per heavy atom. The van der Waals surface area contributed by atoms with Gasteiger partial charge in [0.2, 0.25) is 0 Å². The van der Waals surface area contributed by atoms with Crippen LogP contribution in [0.15, 0.2) is 46.9 Å². The molecule has 0 radical (unpaired) electrons. The molecule has 0 saturated heterocycles. The van der Waals surface area contributed by atoms with E-state index in [9.17, 15) is 0 Å². The van der Waals surface area contributed by atoms with Crippen molar-refractivity contribution in [1.82, 2.24) is 10.2 Å². The third-order valence-corrected chi connectivity index (χ3v) is 4.30. The smallest absolute Gasteiger partial charge is 0.153 e. The number of aromatic nitrogens is 2. The first-order valence-corrected chi connectivity index (χ1v) is 7.66. The summed E-state index contributed by atoms with van der Waals surface area (Å²) in [4.78, 5) is 0. The zero-order valence-corrected chi connectivity index (χ0v) is 13.8. The summed E-state index contributed by atoms with van der Waals surface area (Å²) in [5, 5.41) is 8.41. The van der Waals surface area contributed by atoms with Crippen molar-refractivity contribution in [3.63, 3.8) is 0 Å². The molecule has 21 heavy (non-hydrogen) atoms. The van der Waals surface area contributed by atoms with E-state index < -0.39 is 0 Å². The molecule has 0 spiro atoms. The van der Waals surface area contributed by atoms with Crippen LogP contribution in [-0.2, 0) is 0 Å². The molecule has 0 aliphatic carbocycles. The van der Waals surface area contributed by atoms with Gasteiger partial charge < -0.3 is 5.73 Å². The number of benzene rings is 2. The molecule has 0 atom stereocenters. The number of nitrogens with zero attached hydrogens (tertiary/aromatic N) is 1. The van der Waals surface area contributed by atoms with E-state index in [4.69, 9.17) is 28.9 Å². The number of anilines is 1. The minimum Gasteiger partial charge on any atom is -0.382 e. The second kappa shape index (κ2) is 5.72. The summed E-state index contributed by atoms with van der Waals surface area (Å²) in [6.45, 7) is 0. The maximum absolute atomic E-state index is 6.09. The van der Waals surface area contributed by atoms with Crippen molar-refractivity contribution in [2.45, 2.75) is 0 Å². The third kappa shape index (κ3) is 2.79. The maximum atomic E-state index is 6.09. The second-order valence-corrected chi connectivity index (χ2v) is 6.22. The van der Waals surface area contributed by atoms with Crippen LogP contribution in [0.4, 0.5) is 5.82 Å². The number of nitrogen functional groups attached to an aromatic ring is 1. The first kappa shape index (κ1) is 14.4. The van der Waals surface area contributed by atoms with Gasteiger partial charge in [-0.05, 0) is 35.9 Å². The minimum atomic E-state index is 0.430. The fourth-order valence-electron chi connectivity index (χ4n) is 2.15. The summed E-state index contributed by atoms with van der Waals surface area (Å²) in [5.41, 5.74) is 9.49. The molecule has 0 amide bonds. The van der Waals surface area contributed by atoms with Gasteiger partial charge in [-0.1, -0.05) is 51.3 Å². The van der Waals surface area contributed by atoms with Gasteiger partial charge in [0.25, 0.3) is 0 Å². The van der Waals surface area contributed by atoms with E-state index in [2.05, 4.69) is 26.1 Å². The lowest BCUT2D eigenvalue weighted by Crippen LogP contribution is -1.89. The van der Waals surface area contributed by atoms with Crippen LogP contribution in [0.1, 0.15) is 0 Å². The highest BCUT2D eigenvalue weighted by molar-refractivity contribution is 9.10. The van der Waals surface area contributed by atoms with Gasteiger partial charge >= 0.3 is 0 Å². The number of rotatable bonds is 2. The van der Waals surface area contributed by atoms with Gasteiger partial charge in [-0.3, -0.25) is 5.10 Å². The Morgan fingerprint density at radius 2 is 1.67 bits per heavy atom. The first-order valence-electron chi connectivity index (χ1n) is 6.11. The molecule has 106 valence electrons. The van der Waals surface area contributed by atoms with Crippen molar-refractivity contribution >= 4 is 44.9 Å². The van der Waals surface area contributed by atoms with Crippen molar-refractivity contribution in [3.8, 4) is 22.4 Å². The Labute approximate surface area is 140 Å². The highest BCUT2D eigenvalue weighted by Gasteiger charge is 2.17. The summed E-state index contributed by atoms with van der Waals surface area (Å²) < 4.78 is 0.908. The van der Waals surface area contributed by atoms with Crippen LogP contribution in [-0.4, -0.2) is 10.2 Å². The van der Waals surface area contributed by atoms with Crippen molar-refractivity contribution in [1.29, 1.82) is 0 Å². The van der Waals surface area contributed by atoms with Gasteiger partial charge in [0.05, 0.1) is 11.3 Å². The number of aromatic amines is 1. The van der Waals surface area contributed by atoms with Gasteiger partial charge in [-0.15, -0.1) is 0 Å². The number of nitrogens with one attached hydrogen (secondary N) is 1. The number of hydrogen-bond acceptors (Lipinski definition) is 2. The van der Waals surface area contributed by atoms with Gasteiger partial charge in [-0.2, -0.15) is 5.10 Å². The van der Waals surface area contributed by atoms with E-state index in [1.807, 2.05) is 42.5 Å². The number of nitrogens with two attached hydrogens (primary N) is 1. The summed E-state index contributed by atoms with van der Waals surface area (Å²) in [6.07, 6.45) is 0. The maximum Gasteiger partial charge on any atom is 0.153 e. The summed E-state index contributed by atoms with van der Waals surface area (Å²) in [5.74, 6) is 0.430. The molecule has 0 bridgehead atoms. The molecule has 3 N–H and O–H groups in total. The van der Waals surface area contributed by atoms with E-state index in [0.717, 1.165) is 26.9 Å². The van der Waals surface area contributed by atoms with Crippen molar-refractivity contribution in [2.75, 3.05) is 5.73 Å². The van der Waals surface area contributed by atoms with Crippen molar-refractivity contribution in [2.24, 2.45) is 0 Å². The van der Waals surface area contributed by atoms with E-state index in [1.54, 1.807) is 0 Å². The molecule has 0 aliphatic rings. The Bertz CT molecular complexity index is 797. The van der Waals surface area contributed by atoms with E-state index in [1.165, 1.54) is 0 Å². The predicted molar refractivity (Wildman–Crippen MR) is 91.6 cm³/mol. The molecule has 0 aliphatic heterocycles. The van der Waals surface area contributed by atoms with Gasteiger partial charge in [0, 0.05) is 20.1 Å². The van der Waals surface area contributed by atoms with Gasteiger partial charge in [-0.25, -0.2) is 0 Å². The standard InChI is InChI=1S/C15H10BrCl2N3/c16-12-6-5-10(18)7-11(12)14-13(15(19)21-20-14)8-1-3-9(17)4-2-8/h1-7H,(H3,19,20,21). The molecular weight excluding hydrogens is 373 g/mol. The fourth-order valence-corrected chi connectivity index (χ4v) is 2.89. The van der Waals surface area contributed by atoms with Crippen molar-refractivity contribution < 1.29 is 0 Å². The lowest BCUT2D eigenvalue weighted by molar-refractivity contribution is 1.10. The molecule has 3 rings (SSSR count). The number of hydrogen-bond donors (Lipinski definition) is 2. The highest BCUT2D eigenvalue weighted by Crippen LogP contribution is 2.39. The van der Waals surface area contributed by atoms with Crippen LogP contribution in [0.3, 0.4) is 0 Å². The summed E-state index contributed by atoms with van der Waals surface area (Å²) in [7, 11) is 0. The lowest BCUT2D eigenvalue weighted by atomic mass is 10.0. The van der Waals surface area contributed by atoms with E-state index >= 15 is 0 Å². The Kier molecular flexibility index (Phi) is 3.93. The molecular formula is C15H10BrCl2N3. The third-order valence-electron chi connectivity index (χ3n) is 3.12. The van der Waals surface area contributed by atoms with Crippen LogP contribution in [0.2, 0.25) is 10.0 Å². The minimum absolute atomic E-state index is 0.430.